The van der Waals surface area contributed by atoms with E-state index in [1.54, 1.807) is 0 Å². The minimum Gasteiger partial charge on any atom is -0.474 e. The van der Waals surface area contributed by atoms with Gasteiger partial charge in [0.15, 0.2) is 0 Å². The van der Waals surface area contributed by atoms with Crippen LogP contribution in [-0.2, 0) is 11.0 Å². The highest BCUT2D eigenvalue weighted by molar-refractivity contribution is 5.76. The Morgan fingerprint density at radius 1 is 1.12 bits per heavy atom. The van der Waals surface area contributed by atoms with E-state index in [0.29, 0.717) is 12.3 Å². The fraction of sp³-hybridized carbons (Fsp3) is 0.684. The second-order valence-corrected chi connectivity index (χ2v) is 7.40. The molecule has 0 aromatic carbocycles. The molecule has 0 bridgehead atoms. The maximum absolute atomic E-state index is 12.5. The van der Waals surface area contributed by atoms with Gasteiger partial charge in [-0.1, -0.05) is 12.8 Å². The maximum atomic E-state index is 12.5. The fourth-order valence-electron chi connectivity index (χ4n) is 3.88. The number of hydrogen-bond acceptors (Lipinski definition) is 3. The Labute approximate surface area is 151 Å². The molecule has 0 atom stereocenters. The number of nitrogens with one attached hydrogen (secondary N) is 1. The molecule has 2 aliphatic rings. The minimum absolute atomic E-state index is 0.0674. The highest BCUT2D eigenvalue weighted by Gasteiger charge is 2.31. The van der Waals surface area contributed by atoms with Crippen molar-refractivity contribution in [1.29, 1.82) is 0 Å². The maximum Gasteiger partial charge on any atom is 0.417 e. The summed E-state index contributed by atoms with van der Waals surface area (Å²) in [6.45, 7) is 0. The van der Waals surface area contributed by atoms with Crippen LogP contribution in [-0.4, -0.2) is 23.0 Å². The number of amides is 1. The van der Waals surface area contributed by atoms with Gasteiger partial charge in [0, 0.05) is 24.7 Å². The first-order chi connectivity index (χ1) is 12.4. The molecule has 0 radical (unpaired) electrons. The number of carbonyl (C=O) groups is 1. The van der Waals surface area contributed by atoms with Crippen molar-refractivity contribution in [3.63, 3.8) is 0 Å². The Balaban J connectivity index is 1.40. The van der Waals surface area contributed by atoms with Crippen molar-refractivity contribution in [3.8, 4) is 5.88 Å². The highest BCUT2D eigenvalue weighted by Crippen LogP contribution is 2.30. The van der Waals surface area contributed by atoms with E-state index in [2.05, 4.69) is 10.3 Å². The first kappa shape index (κ1) is 19.0. The van der Waals surface area contributed by atoms with Crippen LogP contribution in [0, 0.1) is 5.92 Å². The van der Waals surface area contributed by atoms with Crippen LogP contribution in [0.1, 0.15) is 63.4 Å². The van der Waals surface area contributed by atoms with E-state index in [0.717, 1.165) is 50.8 Å². The number of pyridine rings is 1. The van der Waals surface area contributed by atoms with E-state index >= 15 is 0 Å². The average Bonchev–Trinajstić information content (AvgIpc) is 3.09. The van der Waals surface area contributed by atoms with Gasteiger partial charge >= 0.3 is 6.18 Å². The standard InChI is InChI=1S/C19H25F3N2O2/c20-19(21,22)14-5-10-18(23-12-14)26-16-8-6-15(7-9-16)24-17(25)11-13-3-1-2-4-13/h5,10,12-13,15-16H,1-4,6-9,11H2,(H,24,25). The Bertz CT molecular complexity index is 590. The van der Waals surface area contributed by atoms with Gasteiger partial charge in [-0.15, -0.1) is 0 Å². The zero-order chi connectivity index (χ0) is 18.6. The van der Waals surface area contributed by atoms with Crippen LogP contribution in [0.5, 0.6) is 5.88 Å². The number of aromatic nitrogens is 1. The molecule has 1 aromatic rings. The van der Waals surface area contributed by atoms with Gasteiger partial charge in [-0.05, 0) is 50.5 Å². The molecule has 0 spiro atoms. The number of rotatable bonds is 5. The number of halogens is 3. The summed E-state index contributed by atoms with van der Waals surface area (Å²) in [5, 5.41) is 3.12. The summed E-state index contributed by atoms with van der Waals surface area (Å²) in [7, 11) is 0. The molecule has 0 aliphatic heterocycles. The lowest BCUT2D eigenvalue weighted by Crippen LogP contribution is -2.40. The third-order valence-corrected chi connectivity index (χ3v) is 5.34. The zero-order valence-electron chi connectivity index (χ0n) is 14.7. The molecule has 1 amide bonds. The number of nitrogens with zero attached hydrogens (tertiary/aromatic N) is 1. The van der Waals surface area contributed by atoms with Crippen molar-refractivity contribution in [2.24, 2.45) is 5.92 Å². The topological polar surface area (TPSA) is 51.2 Å². The summed E-state index contributed by atoms with van der Waals surface area (Å²) in [5.74, 6) is 0.901. The van der Waals surface area contributed by atoms with Crippen molar-refractivity contribution < 1.29 is 22.7 Å². The molecular weight excluding hydrogens is 345 g/mol. The number of carbonyl (C=O) groups excluding carboxylic acids is 1. The summed E-state index contributed by atoms with van der Waals surface area (Å²) in [6, 6.07) is 2.42. The smallest absolute Gasteiger partial charge is 0.417 e. The predicted octanol–water partition coefficient (Wildman–Crippen LogP) is 4.49. The summed E-state index contributed by atoms with van der Waals surface area (Å²) in [6.07, 6.45) is 4.93. The molecule has 4 nitrogen and oxygen atoms in total. The Hall–Kier alpha value is -1.79. The summed E-state index contributed by atoms with van der Waals surface area (Å²) >= 11 is 0. The molecule has 1 heterocycles. The first-order valence-corrected chi connectivity index (χ1v) is 9.39. The summed E-state index contributed by atoms with van der Waals surface area (Å²) < 4.78 is 43.3. The van der Waals surface area contributed by atoms with E-state index < -0.39 is 11.7 Å². The molecule has 1 N–H and O–H groups in total. The third-order valence-electron chi connectivity index (χ3n) is 5.34. The summed E-state index contributed by atoms with van der Waals surface area (Å²) in [5.41, 5.74) is -0.779. The molecule has 144 valence electrons. The van der Waals surface area contributed by atoms with Crippen LogP contribution in [0.25, 0.3) is 0 Å². The van der Waals surface area contributed by atoms with Gasteiger partial charge in [-0.2, -0.15) is 13.2 Å². The second kappa shape index (κ2) is 8.27. The molecule has 2 aliphatic carbocycles. The van der Waals surface area contributed by atoms with Crippen LogP contribution in [0.15, 0.2) is 18.3 Å². The molecule has 3 rings (SSSR count). The van der Waals surface area contributed by atoms with Gasteiger partial charge in [0.1, 0.15) is 6.10 Å². The molecule has 0 unspecified atom stereocenters. The van der Waals surface area contributed by atoms with Gasteiger partial charge in [0.05, 0.1) is 5.56 Å². The molecular formula is C19H25F3N2O2. The summed E-state index contributed by atoms with van der Waals surface area (Å²) in [4.78, 5) is 15.9. The van der Waals surface area contributed by atoms with Crippen molar-refractivity contribution in [2.45, 2.75) is 76.1 Å². The van der Waals surface area contributed by atoms with E-state index in [4.69, 9.17) is 4.74 Å². The van der Waals surface area contributed by atoms with Crippen molar-refractivity contribution in [1.82, 2.24) is 10.3 Å². The van der Waals surface area contributed by atoms with Crippen LogP contribution < -0.4 is 10.1 Å². The molecule has 1 aromatic heterocycles. The van der Waals surface area contributed by atoms with Crippen LogP contribution >= 0.6 is 0 Å². The van der Waals surface area contributed by atoms with E-state index in [1.165, 1.54) is 18.9 Å². The van der Waals surface area contributed by atoms with Crippen molar-refractivity contribution in [3.05, 3.63) is 23.9 Å². The quantitative estimate of drug-likeness (QED) is 0.831. The van der Waals surface area contributed by atoms with E-state index in [-0.39, 0.29) is 23.9 Å². The number of alkyl halides is 3. The zero-order valence-corrected chi connectivity index (χ0v) is 14.7. The molecule has 2 fully saturated rings. The third kappa shape index (κ3) is 5.35. The van der Waals surface area contributed by atoms with Crippen molar-refractivity contribution in [2.75, 3.05) is 0 Å². The molecule has 2 saturated carbocycles. The largest absolute Gasteiger partial charge is 0.474 e. The Morgan fingerprint density at radius 3 is 2.38 bits per heavy atom. The van der Waals surface area contributed by atoms with Crippen molar-refractivity contribution >= 4 is 5.91 Å². The second-order valence-electron chi connectivity index (χ2n) is 7.40. The molecule has 7 heteroatoms. The van der Waals surface area contributed by atoms with Gasteiger partial charge in [-0.25, -0.2) is 4.98 Å². The predicted molar refractivity (Wildman–Crippen MR) is 90.6 cm³/mol. The normalized spacial score (nSPS) is 24.4. The van der Waals surface area contributed by atoms with E-state index in [1.807, 2.05) is 0 Å². The minimum atomic E-state index is -4.39. The molecule has 26 heavy (non-hydrogen) atoms. The molecule has 0 saturated heterocycles. The van der Waals surface area contributed by atoms with Crippen LogP contribution in [0.2, 0.25) is 0 Å². The highest BCUT2D eigenvalue weighted by atomic mass is 19.4. The lowest BCUT2D eigenvalue weighted by Gasteiger charge is -2.29. The lowest BCUT2D eigenvalue weighted by atomic mass is 9.92. The number of hydrogen-bond donors (Lipinski definition) is 1. The fourth-order valence-corrected chi connectivity index (χ4v) is 3.88. The van der Waals surface area contributed by atoms with Gasteiger partial charge < -0.3 is 10.1 Å². The van der Waals surface area contributed by atoms with Gasteiger partial charge in [-0.3, -0.25) is 4.79 Å². The SMILES string of the molecule is O=C(CC1CCCC1)NC1CCC(Oc2ccc(C(F)(F)F)cn2)CC1. The Kier molecular flexibility index (Phi) is 6.04. The lowest BCUT2D eigenvalue weighted by molar-refractivity contribution is -0.137. The van der Waals surface area contributed by atoms with Gasteiger partial charge in [0.2, 0.25) is 11.8 Å². The average molecular weight is 370 g/mol. The van der Waals surface area contributed by atoms with Crippen LogP contribution in [0.3, 0.4) is 0 Å². The number of ether oxygens (including phenoxy) is 1. The Morgan fingerprint density at radius 2 is 1.81 bits per heavy atom. The van der Waals surface area contributed by atoms with Gasteiger partial charge in [0.25, 0.3) is 0 Å². The van der Waals surface area contributed by atoms with E-state index in [9.17, 15) is 18.0 Å². The first-order valence-electron chi connectivity index (χ1n) is 9.39. The van der Waals surface area contributed by atoms with Crippen LogP contribution in [0.4, 0.5) is 13.2 Å². The monoisotopic (exact) mass is 370 g/mol.